The van der Waals surface area contributed by atoms with Crippen LogP contribution in [0.5, 0.6) is 0 Å². The van der Waals surface area contributed by atoms with E-state index in [0.29, 0.717) is 11.7 Å². The number of nitrogens with one attached hydrogen (secondary N) is 2. The van der Waals surface area contributed by atoms with Gasteiger partial charge in [-0.2, -0.15) is 0 Å². The second kappa shape index (κ2) is 7.22. The quantitative estimate of drug-likeness (QED) is 0.476. The topological polar surface area (TPSA) is 93.0 Å². The zero-order valence-corrected chi connectivity index (χ0v) is 17.6. The first-order chi connectivity index (χ1) is 14.4. The van der Waals surface area contributed by atoms with Crippen molar-refractivity contribution < 1.29 is 4.92 Å². The van der Waals surface area contributed by atoms with Crippen LogP contribution in [0.2, 0.25) is 0 Å². The number of aromatic nitrogens is 2. The van der Waals surface area contributed by atoms with E-state index in [1.165, 1.54) is 31.2 Å². The highest BCUT2D eigenvalue weighted by atomic mass is 16.6. The van der Waals surface area contributed by atoms with Gasteiger partial charge in [-0.25, -0.2) is 9.97 Å². The number of nitro groups is 1. The van der Waals surface area contributed by atoms with E-state index in [1.807, 2.05) is 24.3 Å². The monoisotopic (exact) mass is 407 g/mol. The predicted octanol–water partition coefficient (Wildman–Crippen LogP) is 5.63. The Balaban J connectivity index is 1.43. The Morgan fingerprint density at radius 2 is 1.57 bits per heavy atom. The lowest BCUT2D eigenvalue weighted by atomic mass is 9.53. The lowest BCUT2D eigenvalue weighted by Gasteiger charge is -2.57. The summed E-state index contributed by atoms with van der Waals surface area (Å²) in [7, 11) is 0. The fourth-order valence-electron chi connectivity index (χ4n) is 6.34. The van der Waals surface area contributed by atoms with Crippen LogP contribution in [0.15, 0.2) is 30.6 Å². The second-order valence-corrected chi connectivity index (χ2v) is 9.90. The fraction of sp³-hybridized carbons (Fsp3) is 0.565. The van der Waals surface area contributed by atoms with Gasteiger partial charge in [0, 0.05) is 11.2 Å². The van der Waals surface area contributed by atoms with Crippen molar-refractivity contribution in [3.8, 4) is 0 Å². The first-order valence-corrected chi connectivity index (χ1v) is 11.1. The van der Waals surface area contributed by atoms with Crippen LogP contribution in [-0.4, -0.2) is 20.4 Å². The Labute approximate surface area is 176 Å². The van der Waals surface area contributed by atoms with Crippen molar-refractivity contribution in [3.05, 3.63) is 46.3 Å². The van der Waals surface area contributed by atoms with Gasteiger partial charge in [0.05, 0.1) is 4.92 Å². The summed E-state index contributed by atoms with van der Waals surface area (Å²) in [5, 5.41) is 18.7. The van der Waals surface area contributed by atoms with Gasteiger partial charge in [-0.05, 0) is 79.9 Å². The van der Waals surface area contributed by atoms with Gasteiger partial charge in [-0.1, -0.05) is 26.0 Å². The van der Waals surface area contributed by atoms with E-state index in [9.17, 15) is 10.1 Å². The Kier molecular flexibility index (Phi) is 4.64. The second-order valence-electron chi connectivity index (χ2n) is 9.90. The molecule has 30 heavy (non-hydrogen) atoms. The summed E-state index contributed by atoms with van der Waals surface area (Å²) in [6.07, 6.45) is 8.68. The summed E-state index contributed by atoms with van der Waals surface area (Å²) in [5.41, 5.74) is 1.88. The van der Waals surface area contributed by atoms with Gasteiger partial charge in [0.25, 0.3) is 0 Å². The van der Waals surface area contributed by atoms with Crippen LogP contribution in [0.1, 0.15) is 63.9 Å². The lowest BCUT2D eigenvalue weighted by Crippen LogP contribution is -2.55. The molecule has 4 bridgehead atoms. The molecule has 0 radical (unpaired) electrons. The van der Waals surface area contributed by atoms with Gasteiger partial charge in [-0.15, -0.1) is 0 Å². The van der Waals surface area contributed by atoms with Crippen molar-refractivity contribution in [2.24, 2.45) is 17.8 Å². The molecule has 1 aromatic carbocycles. The molecule has 0 unspecified atom stereocenters. The number of hydrogen-bond donors (Lipinski definition) is 2. The van der Waals surface area contributed by atoms with Crippen molar-refractivity contribution in [2.75, 3.05) is 10.6 Å². The number of nitrogens with zero attached hydrogens (tertiary/aromatic N) is 3. The van der Waals surface area contributed by atoms with Crippen LogP contribution in [0, 0.1) is 27.9 Å². The third kappa shape index (κ3) is 3.50. The van der Waals surface area contributed by atoms with Gasteiger partial charge in [0.15, 0.2) is 0 Å². The molecular weight excluding hydrogens is 378 g/mol. The highest BCUT2D eigenvalue weighted by Crippen LogP contribution is 2.57. The average molecular weight is 408 g/mol. The summed E-state index contributed by atoms with van der Waals surface area (Å²) in [6.45, 7) is 4.28. The van der Waals surface area contributed by atoms with E-state index < -0.39 is 0 Å². The maximum atomic E-state index is 12.0. The minimum atomic E-state index is -0.367. The van der Waals surface area contributed by atoms with E-state index in [2.05, 4.69) is 34.4 Å². The minimum absolute atomic E-state index is 0.0515. The van der Waals surface area contributed by atoms with Crippen molar-refractivity contribution in [2.45, 2.75) is 63.8 Å². The molecule has 0 aliphatic heterocycles. The SMILES string of the molecule is CC(C)c1ccc(Nc2ncnc(NC34CC5CC(CC(C5)C3)C4)c2[N+](=O)[O-])cc1. The molecule has 4 aliphatic rings. The first kappa shape index (κ1) is 19.3. The summed E-state index contributed by atoms with van der Waals surface area (Å²) in [6, 6.07) is 7.95. The molecule has 2 aromatic rings. The van der Waals surface area contributed by atoms with Crippen molar-refractivity contribution in [3.63, 3.8) is 0 Å². The molecule has 1 heterocycles. The number of rotatable bonds is 6. The van der Waals surface area contributed by atoms with E-state index in [-0.39, 0.29) is 22.0 Å². The third-order valence-corrected chi connectivity index (χ3v) is 7.27. The molecule has 7 nitrogen and oxygen atoms in total. The van der Waals surface area contributed by atoms with Crippen LogP contribution >= 0.6 is 0 Å². The van der Waals surface area contributed by atoms with Crippen molar-refractivity contribution in [1.29, 1.82) is 0 Å². The molecule has 1 aromatic heterocycles. The highest BCUT2D eigenvalue weighted by molar-refractivity contribution is 5.74. The zero-order valence-electron chi connectivity index (χ0n) is 17.6. The van der Waals surface area contributed by atoms with Crippen LogP contribution in [0.4, 0.5) is 23.0 Å². The molecule has 0 amide bonds. The summed E-state index contributed by atoms with van der Waals surface area (Å²) < 4.78 is 0. The van der Waals surface area contributed by atoms with Crippen LogP contribution in [-0.2, 0) is 0 Å². The first-order valence-electron chi connectivity index (χ1n) is 11.1. The Morgan fingerprint density at radius 3 is 2.10 bits per heavy atom. The Morgan fingerprint density at radius 1 is 1.00 bits per heavy atom. The molecule has 0 atom stereocenters. The van der Waals surface area contributed by atoms with Gasteiger partial charge in [0.2, 0.25) is 11.6 Å². The molecule has 6 rings (SSSR count). The van der Waals surface area contributed by atoms with E-state index in [1.54, 1.807) is 0 Å². The minimum Gasteiger partial charge on any atom is -0.359 e. The van der Waals surface area contributed by atoms with Crippen LogP contribution in [0.25, 0.3) is 0 Å². The molecule has 7 heteroatoms. The van der Waals surface area contributed by atoms with Crippen molar-refractivity contribution in [1.82, 2.24) is 9.97 Å². The van der Waals surface area contributed by atoms with Crippen LogP contribution in [0.3, 0.4) is 0 Å². The van der Waals surface area contributed by atoms with Gasteiger partial charge < -0.3 is 10.6 Å². The Bertz CT molecular complexity index is 921. The molecule has 4 fully saturated rings. The van der Waals surface area contributed by atoms with Gasteiger partial charge in [-0.3, -0.25) is 10.1 Å². The molecule has 4 saturated carbocycles. The zero-order chi connectivity index (χ0) is 20.9. The number of hydrogen-bond acceptors (Lipinski definition) is 6. The Hall–Kier alpha value is -2.70. The molecule has 2 N–H and O–H groups in total. The summed E-state index contributed by atoms with van der Waals surface area (Å²) in [5.74, 6) is 3.27. The van der Waals surface area contributed by atoms with E-state index >= 15 is 0 Å². The molecule has 0 saturated heterocycles. The smallest absolute Gasteiger partial charge is 0.353 e. The average Bonchev–Trinajstić information content (AvgIpc) is 2.67. The highest BCUT2D eigenvalue weighted by Gasteiger charge is 2.51. The van der Waals surface area contributed by atoms with Crippen LogP contribution < -0.4 is 10.6 Å². The normalized spacial score (nSPS) is 29.2. The molecular formula is C23H29N5O2. The molecule has 4 aliphatic carbocycles. The number of benzene rings is 1. The van der Waals surface area contributed by atoms with E-state index in [4.69, 9.17) is 0 Å². The molecule has 158 valence electrons. The number of anilines is 3. The summed E-state index contributed by atoms with van der Waals surface area (Å²) in [4.78, 5) is 20.2. The fourth-order valence-corrected chi connectivity index (χ4v) is 6.34. The molecule has 0 spiro atoms. The maximum Gasteiger partial charge on any atom is 0.353 e. The van der Waals surface area contributed by atoms with Crippen molar-refractivity contribution >= 4 is 23.0 Å². The maximum absolute atomic E-state index is 12.0. The largest absolute Gasteiger partial charge is 0.359 e. The lowest BCUT2D eigenvalue weighted by molar-refractivity contribution is -0.383. The van der Waals surface area contributed by atoms with E-state index in [0.717, 1.165) is 42.7 Å². The van der Waals surface area contributed by atoms with Gasteiger partial charge in [0.1, 0.15) is 6.33 Å². The summed E-state index contributed by atoms with van der Waals surface area (Å²) >= 11 is 0. The third-order valence-electron chi connectivity index (χ3n) is 7.27. The predicted molar refractivity (Wildman–Crippen MR) is 117 cm³/mol. The standard InChI is InChI=1S/C23H29N5O2/c1-14(2)18-3-5-19(6-4-18)26-21-20(28(29)30)22(25-13-24-21)27-23-10-15-7-16(11-23)9-17(8-15)12-23/h3-6,13-17H,7-12H2,1-2H3,(H2,24,25,26,27). The van der Waals surface area contributed by atoms with Gasteiger partial charge >= 0.3 is 5.69 Å².